The molecule has 3 aromatic carbocycles. The van der Waals surface area contributed by atoms with Gasteiger partial charge in [0.1, 0.15) is 0 Å². The number of aryl methyl sites for hydroxylation is 1. The van der Waals surface area contributed by atoms with Crippen LogP contribution in [0.3, 0.4) is 0 Å². The first-order chi connectivity index (χ1) is 16.0. The van der Waals surface area contributed by atoms with E-state index in [1.54, 1.807) is 0 Å². The van der Waals surface area contributed by atoms with Crippen molar-refractivity contribution in [1.82, 2.24) is 4.90 Å². The number of benzene rings is 3. The van der Waals surface area contributed by atoms with E-state index in [2.05, 4.69) is 111 Å². The predicted molar refractivity (Wildman–Crippen MR) is 144 cm³/mol. The molecule has 0 aliphatic carbocycles. The third-order valence-corrected chi connectivity index (χ3v) is 6.73. The van der Waals surface area contributed by atoms with E-state index in [9.17, 15) is 0 Å². The maximum atomic E-state index is 4.43. The fourth-order valence-corrected chi connectivity index (χ4v) is 4.73. The van der Waals surface area contributed by atoms with E-state index in [0.717, 1.165) is 36.2 Å². The Labute approximate surface area is 199 Å². The van der Waals surface area contributed by atoms with Crippen LogP contribution in [0.1, 0.15) is 29.5 Å². The van der Waals surface area contributed by atoms with Gasteiger partial charge in [-0.1, -0.05) is 110 Å². The molecule has 0 spiro atoms. The van der Waals surface area contributed by atoms with Gasteiger partial charge < -0.3 is 4.90 Å². The molecule has 1 aliphatic rings. The fourth-order valence-electron chi connectivity index (χ4n) is 4.73. The summed E-state index contributed by atoms with van der Waals surface area (Å²) in [7, 11) is 0. The Morgan fingerprint density at radius 2 is 1.45 bits per heavy atom. The van der Waals surface area contributed by atoms with E-state index in [4.69, 9.17) is 0 Å². The van der Waals surface area contributed by atoms with Gasteiger partial charge in [-0.15, -0.1) is 6.58 Å². The van der Waals surface area contributed by atoms with Crippen molar-refractivity contribution in [3.8, 4) is 11.1 Å². The number of hydrogen-bond acceptors (Lipinski definition) is 1. The van der Waals surface area contributed by atoms with E-state index >= 15 is 0 Å². The Kier molecular flexibility index (Phi) is 6.79. The van der Waals surface area contributed by atoms with Crippen molar-refractivity contribution in [1.29, 1.82) is 0 Å². The van der Waals surface area contributed by atoms with Gasteiger partial charge in [0.2, 0.25) is 0 Å². The van der Waals surface area contributed by atoms with Crippen LogP contribution in [-0.4, -0.2) is 17.5 Å². The molecule has 1 aliphatic heterocycles. The second-order valence-corrected chi connectivity index (χ2v) is 9.10. The van der Waals surface area contributed by atoms with Gasteiger partial charge in [-0.05, 0) is 59.1 Å². The first kappa shape index (κ1) is 22.6. The maximum absolute atomic E-state index is 4.43. The van der Waals surface area contributed by atoms with Crippen molar-refractivity contribution in [2.75, 3.05) is 6.54 Å². The molecular formula is C32H33N. The van der Waals surface area contributed by atoms with Crippen molar-refractivity contribution in [2.45, 2.75) is 25.8 Å². The SMILES string of the molecule is C=CC1CC(CC(=C)c2ccc(C)cc2)CN1C(=C)C(=C)c1ccc(-c2ccccc2)cc1. The second-order valence-electron chi connectivity index (χ2n) is 9.10. The van der Waals surface area contributed by atoms with Gasteiger partial charge in [-0.3, -0.25) is 0 Å². The Morgan fingerprint density at radius 3 is 2.09 bits per heavy atom. The Hall–Kier alpha value is -3.58. The summed E-state index contributed by atoms with van der Waals surface area (Å²) in [6.45, 7) is 20.3. The topological polar surface area (TPSA) is 3.24 Å². The van der Waals surface area contributed by atoms with Gasteiger partial charge in [0.15, 0.2) is 0 Å². The molecule has 33 heavy (non-hydrogen) atoms. The average molecular weight is 432 g/mol. The molecular weight excluding hydrogens is 398 g/mol. The number of hydrogen-bond donors (Lipinski definition) is 0. The molecule has 0 amide bonds. The zero-order valence-electron chi connectivity index (χ0n) is 19.6. The van der Waals surface area contributed by atoms with Gasteiger partial charge in [0.25, 0.3) is 0 Å². The summed E-state index contributed by atoms with van der Waals surface area (Å²) in [6.07, 6.45) is 4.09. The van der Waals surface area contributed by atoms with Crippen molar-refractivity contribution in [2.24, 2.45) is 5.92 Å². The minimum atomic E-state index is 0.272. The molecule has 1 fully saturated rings. The van der Waals surface area contributed by atoms with Gasteiger partial charge in [-0.25, -0.2) is 0 Å². The third kappa shape index (κ3) is 5.09. The lowest BCUT2D eigenvalue weighted by Crippen LogP contribution is -2.27. The monoisotopic (exact) mass is 431 g/mol. The van der Waals surface area contributed by atoms with E-state index in [1.165, 1.54) is 27.8 Å². The van der Waals surface area contributed by atoms with Crippen LogP contribution < -0.4 is 0 Å². The van der Waals surface area contributed by atoms with E-state index in [0.29, 0.717) is 5.92 Å². The van der Waals surface area contributed by atoms with Gasteiger partial charge >= 0.3 is 0 Å². The molecule has 1 nitrogen and oxygen atoms in total. The lowest BCUT2D eigenvalue weighted by molar-refractivity contribution is 0.374. The molecule has 4 rings (SSSR count). The zero-order chi connectivity index (χ0) is 23.4. The van der Waals surface area contributed by atoms with Crippen LogP contribution in [0.15, 0.2) is 117 Å². The minimum Gasteiger partial charge on any atom is -0.365 e. The normalized spacial score (nSPS) is 17.5. The highest BCUT2D eigenvalue weighted by Crippen LogP contribution is 2.37. The van der Waals surface area contributed by atoms with E-state index in [-0.39, 0.29) is 6.04 Å². The number of nitrogens with zero attached hydrogens (tertiary/aromatic N) is 1. The Bertz CT molecular complexity index is 1150. The Morgan fingerprint density at radius 1 is 0.848 bits per heavy atom. The van der Waals surface area contributed by atoms with E-state index < -0.39 is 0 Å². The van der Waals surface area contributed by atoms with E-state index in [1.807, 2.05) is 12.1 Å². The second kappa shape index (κ2) is 9.92. The summed E-state index contributed by atoms with van der Waals surface area (Å²) in [6, 6.07) is 28.0. The highest BCUT2D eigenvalue weighted by atomic mass is 15.2. The lowest BCUT2D eigenvalue weighted by Gasteiger charge is -2.28. The molecule has 2 atom stereocenters. The predicted octanol–water partition coefficient (Wildman–Crippen LogP) is 8.17. The largest absolute Gasteiger partial charge is 0.365 e. The van der Waals surface area contributed by atoms with Gasteiger partial charge in [-0.2, -0.15) is 0 Å². The fraction of sp³-hybridized carbons (Fsp3) is 0.188. The highest BCUT2D eigenvalue weighted by Gasteiger charge is 2.32. The standard InChI is InChI=1S/C32H33N/c1-6-32-21-27(20-24(3)28-14-12-23(2)13-15-28)22-33(32)26(5)25(4)29-16-18-31(19-17-29)30-10-8-7-9-11-30/h6-19,27,32H,1,3-5,20-22H2,2H3. The van der Waals surface area contributed by atoms with Gasteiger partial charge in [0, 0.05) is 18.3 Å². The zero-order valence-corrected chi connectivity index (χ0v) is 19.6. The van der Waals surface area contributed by atoms with Crippen molar-refractivity contribution < 1.29 is 0 Å². The lowest BCUT2D eigenvalue weighted by atomic mass is 9.93. The molecule has 0 bridgehead atoms. The molecule has 0 saturated carbocycles. The quantitative estimate of drug-likeness (QED) is 0.257. The molecule has 0 aromatic heterocycles. The van der Waals surface area contributed by atoms with Crippen LogP contribution in [0.5, 0.6) is 0 Å². The highest BCUT2D eigenvalue weighted by molar-refractivity contribution is 5.78. The van der Waals surface area contributed by atoms with Crippen LogP contribution in [0, 0.1) is 12.8 Å². The van der Waals surface area contributed by atoms with Crippen molar-refractivity contribution in [3.63, 3.8) is 0 Å². The molecule has 166 valence electrons. The summed E-state index contributed by atoms with van der Waals surface area (Å²) in [5, 5.41) is 0. The summed E-state index contributed by atoms with van der Waals surface area (Å²) in [4.78, 5) is 2.37. The minimum absolute atomic E-state index is 0.272. The first-order valence-corrected chi connectivity index (χ1v) is 11.6. The number of rotatable bonds is 8. The smallest absolute Gasteiger partial charge is 0.0473 e. The summed E-state index contributed by atoms with van der Waals surface area (Å²) < 4.78 is 0. The average Bonchev–Trinajstić information content (AvgIpc) is 3.27. The molecule has 0 radical (unpaired) electrons. The van der Waals surface area contributed by atoms with Crippen molar-refractivity contribution >= 4 is 11.1 Å². The summed E-state index contributed by atoms with van der Waals surface area (Å²) in [5.74, 6) is 0.520. The Balaban J connectivity index is 1.43. The van der Waals surface area contributed by atoms with Crippen LogP contribution in [0.4, 0.5) is 0 Å². The summed E-state index contributed by atoms with van der Waals surface area (Å²) >= 11 is 0. The number of likely N-dealkylation sites (tertiary alicyclic amines) is 1. The molecule has 3 aromatic rings. The third-order valence-electron chi connectivity index (χ3n) is 6.73. The van der Waals surface area contributed by atoms with Crippen LogP contribution >= 0.6 is 0 Å². The van der Waals surface area contributed by atoms with Crippen LogP contribution in [-0.2, 0) is 0 Å². The molecule has 1 heteroatoms. The maximum Gasteiger partial charge on any atom is 0.0473 e. The van der Waals surface area contributed by atoms with Gasteiger partial charge in [0.05, 0.1) is 0 Å². The number of allylic oxidation sites excluding steroid dienone is 2. The van der Waals surface area contributed by atoms with Crippen molar-refractivity contribution in [3.05, 3.63) is 134 Å². The summed E-state index contributed by atoms with van der Waals surface area (Å²) in [5.41, 5.74) is 9.19. The first-order valence-electron chi connectivity index (χ1n) is 11.6. The van der Waals surface area contributed by atoms with Crippen LogP contribution in [0.2, 0.25) is 0 Å². The molecule has 1 heterocycles. The molecule has 0 N–H and O–H groups in total. The molecule has 1 saturated heterocycles. The van der Waals surface area contributed by atoms with Crippen LogP contribution in [0.25, 0.3) is 22.3 Å². The molecule has 2 unspecified atom stereocenters.